The molecule has 2 aromatic carbocycles. The average Bonchev–Trinajstić information content (AvgIpc) is 2.57. The molecule has 2 aromatic rings. The molecule has 0 fully saturated rings. The van der Waals surface area contributed by atoms with Crippen LogP contribution in [0.25, 0.3) is 0 Å². The van der Waals surface area contributed by atoms with Crippen molar-refractivity contribution in [3.05, 3.63) is 56.5 Å². The highest BCUT2D eigenvalue weighted by molar-refractivity contribution is 9.10. The Morgan fingerprint density at radius 2 is 2.04 bits per heavy atom. The van der Waals surface area contributed by atoms with Gasteiger partial charge in [0.15, 0.2) is 0 Å². The van der Waals surface area contributed by atoms with E-state index in [0.717, 1.165) is 10.0 Å². The van der Waals surface area contributed by atoms with Crippen molar-refractivity contribution in [2.24, 2.45) is 0 Å². The maximum absolute atomic E-state index is 11.6. The van der Waals surface area contributed by atoms with Crippen LogP contribution < -0.4 is 9.47 Å². The number of carbonyl (C=O) groups excluding carboxylic acids is 1. The van der Waals surface area contributed by atoms with E-state index in [2.05, 4.69) is 15.9 Å². The molecule has 2 rings (SSSR count). The highest BCUT2D eigenvalue weighted by atomic mass is 79.9. The predicted octanol–water partition coefficient (Wildman–Crippen LogP) is 4.80. The molecular weight excluding hydrogens is 396 g/mol. The van der Waals surface area contributed by atoms with E-state index in [1.54, 1.807) is 31.2 Å². The molecule has 0 amide bonds. The van der Waals surface area contributed by atoms with Crippen molar-refractivity contribution in [1.29, 1.82) is 0 Å². The second-order valence-corrected chi connectivity index (χ2v) is 6.46. The first-order valence-electron chi connectivity index (χ1n) is 7.47. The molecule has 0 spiro atoms. The van der Waals surface area contributed by atoms with E-state index in [4.69, 9.17) is 21.1 Å². The number of aliphatic hydroxyl groups is 1. The lowest BCUT2D eigenvalue weighted by Gasteiger charge is -2.15. The lowest BCUT2D eigenvalue weighted by atomic mass is 10.1. The predicted molar refractivity (Wildman–Crippen MR) is 96.5 cm³/mol. The second-order valence-electron chi connectivity index (χ2n) is 5.20. The van der Waals surface area contributed by atoms with Gasteiger partial charge in [-0.2, -0.15) is 0 Å². The summed E-state index contributed by atoms with van der Waals surface area (Å²) in [6.07, 6.45) is 0.267. The second kappa shape index (κ2) is 8.51. The summed E-state index contributed by atoms with van der Waals surface area (Å²) in [6, 6.07) is 8.77. The van der Waals surface area contributed by atoms with Gasteiger partial charge >= 0.3 is 5.97 Å². The van der Waals surface area contributed by atoms with Gasteiger partial charge in [-0.15, -0.1) is 0 Å². The maximum atomic E-state index is 11.6. The molecule has 0 radical (unpaired) electrons. The Morgan fingerprint density at radius 3 is 2.71 bits per heavy atom. The summed E-state index contributed by atoms with van der Waals surface area (Å²) >= 11 is 9.58. The SMILES string of the molecule is CCC(=O)Oc1cccc(CO)c1COc1cc(Cl)c(C)cc1Br. The molecule has 0 heterocycles. The molecule has 0 aliphatic heterocycles. The Hall–Kier alpha value is -1.56. The van der Waals surface area contributed by atoms with Crippen LogP contribution in [0.3, 0.4) is 0 Å². The smallest absolute Gasteiger partial charge is 0.310 e. The molecule has 128 valence electrons. The van der Waals surface area contributed by atoms with Crippen molar-refractivity contribution >= 4 is 33.5 Å². The lowest BCUT2D eigenvalue weighted by molar-refractivity contribution is -0.134. The number of esters is 1. The fraction of sp³-hybridized carbons (Fsp3) is 0.278. The third-order valence-corrected chi connectivity index (χ3v) is 4.52. The molecule has 0 atom stereocenters. The summed E-state index contributed by atoms with van der Waals surface area (Å²) in [5.74, 6) is 0.625. The van der Waals surface area contributed by atoms with E-state index in [1.807, 2.05) is 13.0 Å². The van der Waals surface area contributed by atoms with Crippen LogP contribution in [0.2, 0.25) is 5.02 Å². The zero-order chi connectivity index (χ0) is 17.7. The van der Waals surface area contributed by atoms with E-state index in [-0.39, 0.29) is 25.6 Å². The zero-order valence-corrected chi connectivity index (χ0v) is 15.8. The fourth-order valence-electron chi connectivity index (χ4n) is 2.10. The van der Waals surface area contributed by atoms with Crippen LogP contribution in [0.15, 0.2) is 34.8 Å². The first-order valence-corrected chi connectivity index (χ1v) is 8.64. The van der Waals surface area contributed by atoms with Crippen LogP contribution >= 0.6 is 27.5 Å². The summed E-state index contributed by atoms with van der Waals surface area (Å²) in [5.41, 5.74) is 2.21. The standard InChI is InChI=1S/C18H18BrClO4/c1-3-18(22)24-16-6-4-5-12(9-21)13(16)10-23-17-8-15(20)11(2)7-14(17)19/h4-8,21H,3,9-10H2,1-2H3. The molecule has 0 unspecified atom stereocenters. The molecule has 0 aliphatic carbocycles. The number of aliphatic hydroxyl groups excluding tert-OH is 1. The van der Waals surface area contributed by atoms with Gasteiger partial charge in [0.25, 0.3) is 0 Å². The third-order valence-electron chi connectivity index (χ3n) is 3.50. The first kappa shape index (κ1) is 18.8. The minimum absolute atomic E-state index is 0.140. The monoisotopic (exact) mass is 412 g/mol. The minimum atomic E-state index is -0.342. The number of carbonyl (C=O) groups is 1. The third kappa shape index (κ3) is 4.50. The van der Waals surface area contributed by atoms with E-state index in [0.29, 0.717) is 27.6 Å². The number of aryl methyl sites for hydroxylation is 1. The number of hydrogen-bond acceptors (Lipinski definition) is 4. The van der Waals surface area contributed by atoms with Crippen LogP contribution in [0.1, 0.15) is 30.0 Å². The Kier molecular flexibility index (Phi) is 6.66. The van der Waals surface area contributed by atoms with Crippen molar-refractivity contribution in [2.45, 2.75) is 33.5 Å². The topological polar surface area (TPSA) is 55.8 Å². The lowest BCUT2D eigenvalue weighted by Crippen LogP contribution is -2.10. The van der Waals surface area contributed by atoms with Crippen LogP contribution in [0.5, 0.6) is 11.5 Å². The average molecular weight is 414 g/mol. The quantitative estimate of drug-likeness (QED) is 0.546. The number of hydrogen-bond donors (Lipinski definition) is 1. The summed E-state index contributed by atoms with van der Waals surface area (Å²) in [4.78, 5) is 11.6. The molecule has 0 aliphatic rings. The van der Waals surface area contributed by atoms with Crippen LogP contribution in [0, 0.1) is 6.92 Å². The summed E-state index contributed by atoms with van der Waals surface area (Å²) in [5, 5.41) is 10.1. The first-order chi connectivity index (χ1) is 11.5. The molecule has 1 N–H and O–H groups in total. The minimum Gasteiger partial charge on any atom is -0.488 e. The fourth-order valence-corrected chi connectivity index (χ4v) is 2.83. The molecular formula is C18H18BrClO4. The molecule has 0 saturated carbocycles. The summed E-state index contributed by atoms with van der Waals surface area (Å²) in [6.45, 7) is 3.59. The van der Waals surface area contributed by atoms with Gasteiger partial charge in [-0.1, -0.05) is 30.7 Å². The Balaban J connectivity index is 2.28. The number of halogens is 2. The van der Waals surface area contributed by atoms with Gasteiger partial charge in [-0.3, -0.25) is 4.79 Å². The summed E-state index contributed by atoms with van der Waals surface area (Å²) < 4.78 is 11.9. The van der Waals surface area contributed by atoms with Crippen molar-refractivity contribution in [1.82, 2.24) is 0 Å². The van der Waals surface area contributed by atoms with Crippen molar-refractivity contribution in [3.8, 4) is 11.5 Å². The van der Waals surface area contributed by atoms with Crippen molar-refractivity contribution in [2.75, 3.05) is 0 Å². The Morgan fingerprint density at radius 1 is 1.29 bits per heavy atom. The molecule has 0 bridgehead atoms. The van der Waals surface area contributed by atoms with Crippen molar-refractivity contribution in [3.63, 3.8) is 0 Å². The molecule has 6 heteroatoms. The number of benzene rings is 2. The highest BCUT2D eigenvalue weighted by Gasteiger charge is 2.14. The maximum Gasteiger partial charge on any atom is 0.310 e. The Bertz CT molecular complexity index is 746. The zero-order valence-electron chi connectivity index (χ0n) is 13.4. The van der Waals surface area contributed by atoms with Gasteiger partial charge in [0.05, 0.1) is 11.1 Å². The van der Waals surface area contributed by atoms with Gasteiger partial charge in [0.1, 0.15) is 18.1 Å². The Labute approximate surface area is 154 Å². The van der Waals surface area contributed by atoms with Crippen LogP contribution in [-0.2, 0) is 18.0 Å². The van der Waals surface area contributed by atoms with E-state index in [1.165, 1.54) is 0 Å². The number of ether oxygens (including phenoxy) is 2. The van der Waals surface area contributed by atoms with Gasteiger partial charge in [-0.05, 0) is 46.1 Å². The van der Waals surface area contributed by atoms with E-state index < -0.39 is 0 Å². The van der Waals surface area contributed by atoms with E-state index >= 15 is 0 Å². The van der Waals surface area contributed by atoms with Crippen molar-refractivity contribution < 1.29 is 19.4 Å². The molecule has 4 nitrogen and oxygen atoms in total. The molecule has 0 saturated heterocycles. The highest BCUT2D eigenvalue weighted by Crippen LogP contribution is 2.33. The van der Waals surface area contributed by atoms with Gasteiger partial charge in [0.2, 0.25) is 0 Å². The van der Waals surface area contributed by atoms with Gasteiger partial charge in [-0.25, -0.2) is 0 Å². The molecule has 24 heavy (non-hydrogen) atoms. The summed E-state index contributed by atoms with van der Waals surface area (Å²) in [7, 11) is 0. The largest absolute Gasteiger partial charge is 0.488 e. The van der Waals surface area contributed by atoms with Gasteiger partial charge < -0.3 is 14.6 Å². The normalized spacial score (nSPS) is 10.5. The van der Waals surface area contributed by atoms with Crippen LogP contribution in [-0.4, -0.2) is 11.1 Å². The molecule has 0 aromatic heterocycles. The number of rotatable bonds is 6. The van der Waals surface area contributed by atoms with Gasteiger partial charge in [0, 0.05) is 23.1 Å². The van der Waals surface area contributed by atoms with Crippen LogP contribution in [0.4, 0.5) is 0 Å². The van der Waals surface area contributed by atoms with E-state index in [9.17, 15) is 9.90 Å².